The van der Waals surface area contributed by atoms with Crippen molar-refractivity contribution in [3.05, 3.63) is 42.1 Å². The molecule has 2 aromatic rings. The number of hydrogen-bond donors (Lipinski definition) is 3. The number of carboxylic acids is 1. The van der Waals surface area contributed by atoms with Gasteiger partial charge in [-0.05, 0) is 18.2 Å². The van der Waals surface area contributed by atoms with Gasteiger partial charge in [-0.25, -0.2) is 4.79 Å². The summed E-state index contributed by atoms with van der Waals surface area (Å²) >= 11 is 0. The highest BCUT2D eigenvalue weighted by molar-refractivity contribution is 5.91. The van der Waals surface area contributed by atoms with Crippen LogP contribution in [0.1, 0.15) is 16.3 Å². The van der Waals surface area contributed by atoms with Gasteiger partial charge in [-0.1, -0.05) is 0 Å². The average molecular weight is 279 g/mol. The molecule has 0 aromatic carbocycles. The Morgan fingerprint density at radius 3 is 2.90 bits per heavy atom. The average Bonchev–Trinajstić information content (AvgIpc) is 3.07. The van der Waals surface area contributed by atoms with Crippen molar-refractivity contribution in [2.45, 2.75) is 12.6 Å². The molecular formula is C12H13N3O5. The number of carbonyl (C=O) groups excluding carboxylic acids is 1. The molecule has 0 radical (unpaired) electrons. The molecule has 1 amide bonds. The number of carboxylic acid groups (broad SMARTS) is 1. The number of aromatic nitrogens is 2. The number of aliphatic hydroxyl groups excluding tert-OH is 1. The maximum Gasteiger partial charge on any atom is 0.334 e. The van der Waals surface area contributed by atoms with E-state index in [0.29, 0.717) is 12.3 Å². The summed E-state index contributed by atoms with van der Waals surface area (Å²) in [5.41, 5.74) is 0. The predicted octanol–water partition coefficient (Wildman–Crippen LogP) is -0.300. The molecule has 0 bridgehead atoms. The molecule has 0 aliphatic heterocycles. The lowest BCUT2D eigenvalue weighted by molar-refractivity contribution is -0.146. The van der Waals surface area contributed by atoms with Gasteiger partial charge in [0.2, 0.25) is 0 Å². The van der Waals surface area contributed by atoms with E-state index in [-0.39, 0.29) is 12.3 Å². The second-order valence-corrected chi connectivity index (χ2v) is 4.03. The third kappa shape index (κ3) is 3.45. The lowest BCUT2D eigenvalue weighted by Gasteiger charge is -2.06. The van der Waals surface area contributed by atoms with Crippen LogP contribution >= 0.6 is 0 Å². The van der Waals surface area contributed by atoms with Crippen LogP contribution < -0.4 is 5.32 Å². The van der Waals surface area contributed by atoms with E-state index in [1.165, 1.54) is 6.07 Å². The van der Waals surface area contributed by atoms with Gasteiger partial charge >= 0.3 is 5.97 Å². The summed E-state index contributed by atoms with van der Waals surface area (Å²) in [6, 6.07) is 4.87. The Labute approximate surface area is 113 Å². The van der Waals surface area contributed by atoms with Gasteiger partial charge in [0.25, 0.3) is 5.91 Å². The molecule has 2 heterocycles. The summed E-state index contributed by atoms with van der Waals surface area (Å²) in [6.07, 6.45) is 1.74. The molecule has 0 spiro atoms. The molecule has 2 aromatic heterocycles. The van der Waals surface area contributed by atoms with Crippen LogP contribution in [-0.4, -0.2) is 44.5 Å². The SMILES string of the molecule is O=C(NC[C@H](O)C(=O)O)c1ccc(Cn2cccn2)o1. The fourth-order valence-electron chi connectivity index (χ4n) is 1.50. The molecule has 0 saturated carbocycles. The van der Waals surface area contributed by atoms with E-state index in [0.717, 1.165) is 0 Å². The zero-order valence-electron chi connectivity index (χ0n) is 10.4. The first-order valence-electron chi connectivity index (χ1n) is 5.81. The van der Waals surface area contributed by atoms with Gasteiger partial charge < -0.3 is 19.9 Å². The first-order chi connectivity index (χ1) is 9.56. The van der Waals surface area contributed by atoms with Crippen molar-refractivity contribution >= 4 is 11.9 Å². The van der Waals surface area contributed by atoms with Gasteiger partial charge in [0.15, 0.2) is 11.9 Å². The highest BCUT2D eigenvalue weighted by Gasteiger charge is 2.16. The van der Waals surface area contributed by atoms with Gasteiger partial charge in [0.1, 0.15) is 5.76 Å². The Kier molecular flexibility index (Phi) is 4.16. The summed E-state index contributed by atoms with van der Waals surface area (Å²) < 4.78 is 6.94. The minimum absolute atomic E-state index is 0.0461. The maximum atomic E-state index is 11.7. The van der Waals surface area contributed by atoms with Gasteiger partial charge in [0, 0.05) is 12.4 Å². The molecule has 3 N–H and O–H groups in total. The van der Waals surface area contributed by atoms with E-state index in [4.69, 9.17) is 14.6 Å². The summed E-state index contributed by atoms with van der Waals surface area (Å²) in [5.74, 6) is -1.40. The summed E-state index contributed by atoms with van der Waals surface area (Å²) in [7, 11) is 0. The van der Waals surface area contributed by atoms with E-state index in [1.54, 1.807) is 29.2 Å². The van der Waals surface area contributed by atoms with Crippen LogP contribution in [0.2, 0.25) is 0 Å². The van der Waals surface area contributed by atoms with Crippen LogP contribution in [0.5, 0.6) is 0 Å². The van der Waals surface area contributed by atoms with Crippen molar-refractivity contribution in [3.63, 3.8) is 0 Å². The Morgan fingerprint density at radius 1 is 1.45 bits per heavy atom. The summed E-state index contributed by atoms with van der Waals surface area (Å²) in [6.45, 7) is 0.00138. The normalized spacial score (nSPS) is 12.1. The second-order valence-electron chi connectivity index (χ2n) is 4.03. The number of furan rings is 1. The van der Waals surface area contributed by atoms with Crippen molar-refractivity contribution in [3.8, 4) is 0 Å². The highest BCUT2D eigenvalue weighted by Crippen LogP contribution is 2.09. The number of nitrogens with zero attached hydrogens (tertiary/aromatic N) is 2. The van der Waals surface area contributed by atoms with Crippen molar-refractivity contribution < 1.29 is 24.2 Å². The van der Waals surface area contributed by atoms with Gasteiger partial charge in [-0.2, -0.15) is 5.10 Å². The third-order valence-corrected chi connectivity index (χ3v) is 2.50. The maximum absolute atomic E-state index is 11.7. The third-order valence-electron chi connectivity index (χ3n) is 2.50. The highest BCUT2D eigenvalue weighted by atomic mass is 16.4. The van der Waals surface area contributed by atoms with Crippen molar-refractivity contribution in [1.29, 1.82) is 0 Å². The number of rotatable bonds is 6. The Balaban J connectivity index is 1.91. The van der Waals surface area contributed by atoms with Crippen molar-refractivity contribution in [1.82, 2.24) is 15.1 Å². The minimum Gasteiger partial charge on any atom is -0.479 e. The molecule has 1 atom stereocenters. The topological polar surface area (TPSA) is 118 Å². The molecule has 0 aliphatic carbocycles. The van der Waals surface area contributed by atoms with Crippen LogP contribution in [0.15, 0.2) is 35.0 Å². The lowest BCUT2D eigenvalue weighted by atomic mass is 10.3. The second kappa shape index (κ2) is 6.02. The monoisotopic (exact) mass is 279 g/mol. The van der Waals surface area contributed by atoms with E-state index in [9.17, 15) is 9.59 Å². The van der Waals surface area contributed by atoms with E-state index in [2.05, 4.69) is 10.4 Å². The standard InChI is InChI=1S/C12H13N3O5/c16-9(12(18)19)6-13-11(17)10-3-2-8(20-10)7-15-5-1-4-14-15/h1-5,9,16H,6-7H2,(H,13,17)(H,18,19)/t9-/m0/s1. The first-order valence-corrected chi connectivity index (χ1v) is 5.81. The van der Waals surface area contributed by atoms with Gasteiger partial charge in [-0.3, -0.25) is 9.48 Å². The molecular weight excluding hydrogens is 266 g/mol. The number of aliphatic carboxylic acids is 1. The molecule has 0 unspecified atom stereocenters. The van der Waals surface area contributed by atoms with Gasteiger partial charge in [-0.15, -0.1) is 0 Å². The molecule has 0 fully saturated rings. The quantitative estimate of drug-likeness (QED) is 0.668. The molecule has 2 rings (SSSR count). The lowest BCUT2D eigenvalue weighted by Crippen LogP contribution is -2.36. The number of carbonyl (C=O) groups is 2. The molecule has 106 valence electrons. The Hall–Kier alpha value is -2.61. The smallest absolute Gasteiger partial charge is 0.334 e. The van der Waals surface area contributed by atoms with E-state index >= 15 is 0 Å². The zero-order valence-corrected chi connectivity index (χ0v) is 10.4. The Morgan fingerprint density at radius 2 is 2.25 bits per heavy atom. The number of aliphatic hydroxyl groups is 1. The molecule has 0 aliphatic rings. The van der Waals surface area contributed by atoms with Gasteiger partial charge in [0.05, 0.1) is 13.1 Å². The number of hydrogen-bond acceptors (Lipinski definition) is 5. The van der Waals surface area contributed by atoms with E-state index < -0.39 is 18.0 Å². The zero-order chi connectivity index (χ0) is 14.5. The van der Waals surface area contributed by atoms with Crippen LogP contribution in [0.25, 0.3) is 0 Å². The summed E-state index contributed by atoms with van der Waals surface area (Å²) in [4.78, 5) is 22.1. The predicted molar refractivity (Wildman–Crippen MR) is 66.0 cm³/mol. The van der Waals surface area contributed by atoms with Crippen LogP contribution in [0.3, 0.4) is 0 Å². The van der Waals surface area contributed by atoms with E-state index in [1.807, 2.05) is 0 Å². The van der Waals surface area contributed by atoms with Crippen molar-refractivity contribution in [2.24, 2.45) is 0 Å². The van der Waals surface area contributed by atoms with Crippen molar-refractivity contribution in [2.75, 3.05) is 6.54 Å². The van der Waals surface area contributed by atoms with Crippen LogP contribution in [0.4, 0.5) is 0 Å². The minimum atomic E-state index is -1.64. The molecule has 20 heavy (non-hydrogen) atoms. The van der Waals surface area contributed by atoms with Crippen LogP contribution in [-0.2, 0) is 11.3 Å². The fourth-order valence-corrected chi connectivity index (χ4v) is 1.50. The van der Waals surface area contributed by atoms with Crippen LogP contribution in [0, 0.1) is 0 Å². The molecule has 8 heteroatoms. The Bertz CT molecular complexity index is 590. The first kappa shape index (κ1) is 13.8. The largest absolute Gasteiger partial charge is 0.479 e. The number of nitrogens with one attached hydrogen (secondary N) is 1. The molecule has 0 saturated heterocycles. The summed E-state index contributed by atoms with van der Waals surface area (Å²) in [5, 5.41) is 23.8. The fraction of sp³-hybridized carbons (Fsp3) is 0.250. The molecule has 8 nitrogen and oxygen atoms in total. The number of amides is 1.